The highest BCUT2D eigenvalue weighted by atomic mass is 19.1. The van der Waals surface area contributed by atoms with Crippen LogP contribution in [0.1, 0.15) is 36.0 Å². The van der Waals surface area contributed by atoms with Crippen molar-refractivity contribution in [1.82, 2.24) is 20.1 Å². The number of carbonyl (C=O) groups is 1. The molecule has 2 aromatic heterocycles. The normalized spacial score (nSPS) is 20.0. The number of nitrogens with zero attached hydrogens (tertiary/aromatic N) is 3. The molecule has 0 unspecified atom stereocenters. The Labute approximate surface area is 156 Å². The summed E-state index contributed by atoms with van der Waals surface area (Å²) in [5, 5.41) is 17.7. The summed E-state index contributed by atoms with van der Waals surface area (Å²) >= 11 is 0. The number of carbonyl (C=O) groups excluding carboxylic acids is 1. The lowest BCUT2D eigenvalue weighted by Crippen LogP contribution is -2.38. The monoisotopic (exact) mass is 368 g/mol. The molecule has 1 fully saturated rings. The number of fused-ring (bicyclic) bond motifs is 1. The molecule has 1 amide bonds. The summed E-state index contributed by atoms with van der Waals surface area (Å²) in [5.41, 5.74) is 2.45. The fourth-order valence-corrected chi connectivity index (χ4v) is 3.58. The van der Waals surface area contributed by atoms with Gasteiger partial charge in [0.2, 0.25) is 0 Å². The molecule has 1 aliphatic carbocycles. The number of aliphatic hydroxyl groups is 1. The minimum Gasteiger partial charge on any atom is -0.393 e. The number of rotatable bonds is 3. The van der Waals surface area contributed by atoms with Gasteiger partial charge in [0.25, 0.3) is 5.91 Å². The van der Waals surface area contributed by atoms with Crippen LogP contribution in [0, 0.1) is 5.82 Å². The highest BCUT2D eigenvalue weighted by molar-refractivity contribution is 5.95. The zero-order chi connectivity index (χ0) is 19.0. The van der Waals surface area contributed by atoms with Gasteiger partial charge in [0, 0.05) is 24.7 Å². The molecule has 3 aromatic rings. The van der Waals surface area contributed by atoms with Crippen molar-refractivity contribution in [3.63, 3.8) is 0 Å². The highest BCUT2D eigenvalue weighted by Gasteiger charge is 2.21. The molecule has 4 rings (SSSR count). The van der Waals surface area contributed by atoms with E-state index in [1.165, 1.54) is 18.3 Å². The molecule has 27 heavy (non-hydrogen) atoms. The van der Waals surface area contributed by atoms with Crippen molar-refractivity contribution in [2.24, 2.45) is 7.05 Å². The molecule has 1 aromatic carbocycles. The van der Waals surface area contributed by atoms with Crippen LogP contribution in [0.5, 0.6) is 0 Å². The van der Waals surface area contributed by atoms with Crippen LogP contribution in [0.3, 0.4) is 0 Å². The molecule has 140 valence electrons. The van der Waals surface area contributed by atoms with Crippen LogP contribution in [-0.4, -0.2) is 37.9 Å². The Morgan fingerprint density at radius 3 is 2.70 bits per heavy atom. The van der Waals surface area contributed by atoms with Gasteiger partial charge in [-0.3, -0.25) is 14.5 Å². The van der Waals surface area contributed by atoms with Crippen molar-refractivity contribution in [3.05, 3.63) is 47.9 Å². The Balaban J connectivity index is 1.54. The molecule has 0 radical (unpaired) electrons. The van der Waals surface area contributed by atoms with Crippen molar-refractivity contribution >= 4 is 16.8 Å². The van der Waals surface area contributed by atoms with Crippen LogP contribution >= 0.6 is 0 Å². The standard InChI is InChI=1S/C20H21FN4O2/c1-25-18-9-3-13(21)10-16(18)19(24-25)17-8-2-12(11-22-17)20(27)23-14-4-6-15(26)7-5-14/h2-3,8-11,14-15,26H,4-7H2,1H3,(H,23,27). The van der Waals surface area contributed by atoms with Gasteiger partial charge in [0.1, 0.15) is 11.5 Å². The molecule has 1 aliphatic rings. The van der Waals surface area contributed by atoms with E-state index in [1.807, 2.05) is 0 Å². The lowest BCUT2D eigenvalue weighted by molar-refractivity contribution is 0.0867. The molecule has 0 bridgehead atoms. The third-order valence-electron chi connectivity index (χ3n) is 5.11. The maximum absolute atomic E-state index is 13.6. The fraction of sp³-hybridized carbons (Fsp3) is 0.350. The number of pyridine rings is 1. The van der Waals surface area contributed by atoms with Crippen LogP contribution < -0.4 is 5.32 Å². The van der Waals surface area contributed by atoms with Gasteiger partial charge in [0.15, 0.2) is 0 Å². The van der Waals surface area contributed by atoms with Gasteiger partial charge in [-0.1, -0.05) is 0 Å². The lowest BCUT2D eigenvalue weighted by Gasteiger charge is -2.26. The van der Waals surface area contributed by atoms with E-state index < -0.39 is 0 Å². The van der Waals surface area contributed by atoms with Crippen molar-refractivity contribution < 1.29 is 14.3 Å². The summed E-state index contributed by atoms with van der Waals surface area (Å²) < 4.78 is 15.3. The van der Waals surface area contributed by atoms with Crippen molar-refractivity contribution in [2.45, 2.75) is 37.8 Å². The molecule has 0 saturated heterocycles. The molecule has 0 spiro atoms. The molecular weight excluding hydrogens is 347 g/mol. The van der Waals surface area contributed by atoms with Gasteiger partial charge in [-0.05, 0) is 56.0 Å². The summed E-state index contributed by atoms with van der Waals surface area (Å²) in [4.78, 5) is 16.8. The third-order valence-corrected chi connectivity index (χ3v) is 5.11. The number of nitrogens with one attached hydrogen (secondary N) is 1. The number of hydrogen-bond donors (Lipinski definition) is 2. The summed E-state index contributed by atoms with van der Waals surface area (Å²) in [6.07, 6.45) is 4.25. The fourth-order valence-electron chi connectivity index (χ4n) is 3.58. The molecule has 0 aliphatic heterocycles. The van der Waals surface area contributed by atoms with Gasteiger partial charge in [0.05, 0.1) is 22.9 Å². The molecule has 7 heteroatoms. The Morgan fingerprint density at radius 1 is 1.22 bits per heavy atom. The van der Waals surface area contributed by atoms with Gasteiger partial charge < -0.3 is 10.4 Å². The zero-order valence-electron chi connectivity index (χ0n) is 15.0. The first-order chi connectivity index (χ1) is 13.0. The average molecular weight is 368 g/mol. The topological polar surface area (TPSA) is 80.0 Å². The number of halogens is 1. The summed E-state index contributed by atoms with van der Waals surface area (Å²) in [6, 6.07) is 8.05. The number of aromatic nitrogens is 3. The van der Waals surface area contributed by atoms with E-state index in [9.17, 15) is 14.3 Å². The van der Waals surface area contributed by atoms with Crippen molar-refractivity contribution in [2.75, 3.05) is 0 Å². The predicted octanol–water partition coefficient (Wildman–Crippen LogP) is 2.81. The Bertz CT molecular complexity index is 976. The van der Waals surface area contributed by atoms with E-state index in [-0.39, 0.29) is 23.9 Å². The smallest absolute Gasteiger partial charge is 0.253 e. The quantitative estimate of drug-likeness (QED) is 0.745. The second-order valence-electron chi connectivity index (χ2n) is 7.04. The number of aryl methyl sites for hydroxylation is 1. The van der Waals surface area contributed by atoms with E-state index in [0.29, 0.717) is 35.2 Å². The van der Waals surface area contributed by atoms with Crippen LogP contribution in [0.2, 0.25) is 0 Å². The minimum absolute atomic E-state index is 0.0864. The van der Waals surface area contributed by atoms with Gasteiger partial charge >= 0.3 is 0 Å². The number of hydrogen-bond acceptors (Lipinski definition) is 4. The Kier molecular flexibility index (Phi) is 4.61. The van der Waals surface area contributed by atoms with Crippen LogP contribution in [0.25, 0.3) is 22.3 Å². The Hall–Kier alpha value is -2.80. The maximum atomic E-state index is 13.6. The average Bonchev–Trinajstić information content (AvgIpc) is 2.99. The Morgan fingerprint density at radius 2 is 2.00 bits per heavy atom. The second-order valence-corrected chi connectivity index (χ2v) is 7.04. The summed E-state index contributed by atoms with van der Waals surface area (Å²) in [5.74, 6) is -0.502. The molecule has 2 N–H and O–H groups in total. The van der Waals surface area contributed by atoms with Gasteiger partial charge in [-0.2, -0.15) is 5.10 Å². The first kappa shape index (κ1) is 17.6. The first-order valence-electron chi connectivity index (χ1n) is 9.09. The first-order valence-corrected chi connectivity index (χ1v) is 9.09. The molecule has 2 heterocycles. The maximum Gasteiger partial charge on any atom is 0.253 e. The number of amides is 1. The van der Waals surface area contributed by atoms with Crippen LogP contribution in [0.4, 0.5) is 4.39 Å². The van der Waals surface area contributed by atoms with E-state index in [1.54, 1.807) is 29.9 Å². The van der Waals surface area contributed by atoms with Crippen LogP contribution in [-0.2, 0) is 7.05 Å². The zero-order valence-corrected chi connectivity index (χ0v) is 15.0. The van der Waals surface area contributed by atoms with E-state index in [4.69, 9.17) is 0 Å². The van der Waals surface area contributed by atoms with E-state index >= 15 is 0 Å². The van der Waals surface area contributed by atoms with E-state index in [0.717, 1.165) is 18.4 Å². The largest absolute Gasteiger partial charge is 0.393 e. The van der Waals surface area contributed by atoms with Gasteiger partial charge in [-0.25, -0.2) is 4.39 Å². The number of aliphatic hydroxyl groups excluding tert-OH is 1. The van der Waals surface area contributed by atoms with Gasteiger partial charge in [-0.15, -0.1) is 0 Å². The minimum atomic E-state index is -0.328. The van der Waals surface area contributed by atoms with Crippen molar-refractivity contribution in [3.8, 4) is 11.4 Å². The molecule has 1 saturated carbocycles. The summed E-state index contributed by atoms with van der Waals surface area (Å²) in [6.45, 7) is 0. The molecular formula is C20H21FN4O2. The lowest BCUT2D eigenvalue weighted by atomic mass is 9.93. The predicted molar refractivity (Wildman–Crippen MR) is 99.6 cm³/mol. The third kappa shape index (κ3) is 3.55. The van der Waals surface area contributed by atoms with Crippen LogP contribution in [0.15, 0.2) is 36.5 Å². The molecule has 0 atom stereocenters. The second kappa shape index (κ2) is 7.08. The summed E-state index contributed by atoms with van der Waals surface area (Å²) in [7, 11) is 1.80. The van der Waals surface area contributed by atoms with E-state index in [2.05, 4.69) is 15.4 Å². The highest BCUT2D eigenvalue weighted by Crippen LogP contribution is 2.27. The molecule has 6 nitrogen and oxygen atoms in total. The van der Waals surface area contributed by atoms with Crippen molar-refractivity contribution in [1.29, 1.82) is 0 Å². The number of benzene rings is 1. The SMILES string of the molecule is Cn1nc(-c2ccc(C(=O)NC3CCC(O)CC3)cn2)c2cc(F)ccc21.